The van der Waals surface area contributed by atoms with E-state index in [9.17, 15) is 9.90 Å². The fraction of sp³-hybridized carbons (Fsp3) is 0.571. The molecule has 0 aromatic heterocycles. The van der Waals surface area contributed by atoms with Gasteiger partial charge in [-0.2, -0.15) is 0 Å². The highest BCUT2D eigenvalue weighted by Crippen LogP contribution is 2.04. The van der Waals surface area contributed by atoms with Crippen LogP contribution in [0, 0.1) is 5.92 Å². The molecule has 2 nitrogen and oxygen atoms in total. The van der Waals surface area contributed by atoms with E-state index in [1.807, 2.05) is 0 Å². The van der Waals surface area contributed by atoms with Crippen LogP contribution in [0.2, 0.25) is 0 Å². The van der Waals surface area contributed by atoms with Gasteiger partial charge in [0.05, 0.1) is 5.92 Å². The Kier molecular flexibility index (Phi) is 3.76. The lowest BCUT2D eigenvalue weighted by molar-refractivity contribution is -0.147. The van der Waals surface area contributed by atoms with Crippen LogP contribution in [0.4, 0.5) is 0 Å². The van der Waals surface area contributed by atoms with Gasteiger partial charge in [-0.3, -0.25) is 0 Å². The van der Waals surface area contributed by atoms with Crippen LogP contribution in [-0.4, -0.2) is 5.97 Å². The van der Waals surface area contributed by atoms with Gasteiger partial charge in [0, 0.05) is 0 Å². The van der Waals surface area contributed by atoms with E-state index in [0.29, 0.717) is 6.42 Å². The summed E-state index contributed by atoms with van der Waals surface area (Å²) >= 11 is 0. The van der Waals surface area contributed by atoms with E-state index in [1.165, 1.54) is 0 Å². The van der Waals surface area contributed by atoms with Crippen molar-refractivity contribution < 1.29 is 9.90 Å². The van der Waals surface area contributed by atoms with Gasteiger partial charge in [0.15, 0.2) is 0 Å². The summed E-state index contributed by atoms with van der Waals surface area (Å²) in [7, 11) is 0. The monoisotopic (exact) mass is 127 g/mol. The first-order chi connectivity index (χ1) is 4.18. The maximum absolute atomic E-state index is 10.1. The molecule has 9 heavy (non-hydrogen) atoms. The SMILES string of the molecule is C=CCCC(C)C([O])=O. The summed E-state index contributed by atoms with van der Waals surface area (Å²) < 4.78 is 0. The first kappa shape index (κ1) is 8.21. The van der Waals surface area contributed by atoms with Crippen LogP contribution >= 0.6 is 0 Å². The Morgan fingerprint density at radius 3 is 2.67 bits per heavy atom. The Bertz CT molecular complexity index is 107. The van der Waals surface area contributed by atoms with E-state index in [2.05, 4.69) is 6.58 Å². The highest BCUT2D eigenvalue weighted by atomic mass is 16.4. The molecule has 51 valence electrons. The minimum Gasteiger partial charge on any atom is -0.247 e. The van der Waals surface area contributed by atoms with E-state index in [1.54, 1.807) is 13.0 Å². The average molecular weight is 127 g/mol. The van der Waals surface area contributed by atoms with E-state index < -0.39 is 5.97 Å². The van der Waals surface area contributed by atoms with Crippen LogP contribution in [-0.2, 0) is 9.90 Å². The summed E-state index contributed by atoms with van der Waals surface area (Å²) in [6, 6.07) is 0. The maximum atomic E-state index is 10.1. The highest BCUT2D eigenvalue weighted by Gasteiger charge is 2.10. The lowest BCUT2D eigenvalue weighted by atomic mass is 10.1. The van der Waals surface area contributed by atoms with Crippen molar-refractivity contribution in [2.45, 2.75) is 19.8 Å². The molecule has 0 aliphatic heterocycles. The topological polar surface area (TPSA) is 37.0 Å². The number of hydrogen-bond acceptors (Lipinski definition) is 1. The van der Waals surface area contributed by atoms with Gasteiger partial charge in [-0.15, -0.1) is 6.58 Å². The molecule has 1 radical (unpaired) electrons. The highest BCUT2D eigenvalue weighted by molar-refractivity contribution is 5.68. The molecule has 0 bridgehead atoms. The maximum Gasteiger partial charge on any atom is 0.358 e. The van der Waals surface area contributed by atoms with Crippen LogP contribution in [0.3, 0.4) is 0 Å². The van der Waals surface area contributed by atoms with Gasteiger partial charge in [-0.05, 0) is 12.8 Å². The van der Waals surface area contributed by atoms with Crippen molar-refractivity contribution in [3.05, 3.63) is 12.7 Å². The summed E-state index contributed by atoms with van der Waals surface area (Å²) in [6.45, 7) is 5.12. The van der Waals surface area contributed by atoms with Crippen molar-refractivity contribution in [1.29, 1.82) is 0 Å². The number of rotatable bonds is 4. The minimum atomic E-state index is -0.975. The smallest absolute Gasteiger partial charge is 0.247 e. The number of allylic oxidation sites excluding steroid dienone is 1. The first-order valence-electron chi connectivity index (χ1n) is 3.00. The predicted octanol–water partition coefficient (Wildman–Crippen LogP) is 1.55. The molecule has 0 spiro atoms. The second-order valence-corrected chi connectivity index (χ2v) is 2.09. The van der Waals surface area contributed by atoms with Crippen LogP contribution in [0.15, 0.2) is 12.7 Å². The third-order valence-corrected chi connectivity index (χ3v) is 1.21. The van der Waals surface area contributed by atoms with Gasteiger partial charge >= 0.3 is 5.97 Å². The summed E-state index contributed by atoms with van der Waals surface area (Å²) in [4.78, 5) is 10.1. The lowest BCUT2D eigenvalue weighted by Gasteiger charge is -1.98. The summed E-state index contributed by atoms with van der Waals surface area (Å²) in [5.41, 5.74) is 0. The molecule has 0 saturated carbocycles. The zero-order valence-electron chi connectivity index (χ0n) is 5.59. The molecular formula is C7H11O2. The van der Waals surface area contributed by atoms with Crippen LogP contribution in [0.1, 0.15) is 19.8 Å². The van der Waals surface area contributed by atoms with Crippen LogP contribution in [0.25, 0.3) is 0 Å². The fourth-order valence-corrected chi connectivity index (χ4v) is 0.486. The molecule has 0 heterocycles. The van der Waals surface area contributed by atoms with Crippen molar-refractivity contribution in [2.24, 2.45) is 5.92 Å². The Labute approximate surface area is 55.2 Å². The van der Waals surface area contributed by atoms with Gasteiger partial charge in [-0.25, -0.2) is 9.90 Å². The molecule has 0 aromatic carbocycles. The minimum absolute atomic E-state index is 0.344. The van der Waals surface area contributed by atoms with Gasteiger partial charge in [0.25, 0.3) is 0 Å². The third kappa shape index (κ3) is 3.76. The molecule has 0 rings (SSSR count). The Hall–Kier alpha value is -0.790. The molecule has 0 fully saturated rings. The molecule has 1 unspecified atom stereocenters. The average Bonchev–Trinajstić information content (AvgIpc) is 1.82. The molecule has 0 N–H and O–H groups in total. The van der Waals surface area contributed by atoms with Crippen LogP contribution < -0.4 is 0 Å². The molecule has 0 aromatic rings. The van der Waals surface area contributed by atoms with E-state index >= 15 is 0 Å². The molecule has 0 aliphatic rings. The third-order valence-electron chi connectivity index (χ3n) is 1.21. The quantitative estimate of drug-likeness (QED) is 0.528. The fourth-order valence-electron chi connectivity index (χ4n) is 0.486. The van der Waals surface area contributed by atoms with Crippen molar-refractivity contribution in [3.63, 3.8) is 0 Å². The number of carbonyl (C=O) groups is 1. The van der Waals surface area contributed by atoms with Gasteiger partial charge in [-0.1, -0.05) is 13.0 Å². The Balaban J connectivity index is 3.37. The Morgan fingerprint density at radius 2 is 2.33 bits per heavy atom. The Morgan fingerprint density at radius 1 is 1.78 bits per heavy atom. The lowest BCUT2D eigenvalue weighted by Crippen LogP contribution is -2.06. The zero-order chi connectivity index (χ0) is 7.28. The van der Waals surface area contributed by atoms with Crippen LogP contribution in [0.5, 0.6) is 0 Å². The molecule has 0 amide bonds. The van der Waals surface area contributed by atoms with Gasteiger partial charge in [0.1, 0.15) is 0 Å². The molecule has 2 heteroatoms. The molecular weight excluding hydrogens is 116 g/mol. The molecule has 0 aliphatic carbocycles. The van der Waals surface area contributed by atoms with Crippen molar-refractivity contribution in [1.82, 2.24) is 0 Å². The molecule has 0 saturated heterocycles. The predicted molar refractivity (Wildman–Crippen MR) is 34.3 cm³/mol. The van der Waals surface area contributed by atoms with Gasteiger partial charge in [0.2, 0.25) is 0 Å². The second-order valence-electron chi connectivity index (χ2n) is 2.09. The number of hydrogen-bond donors (Lipinski definition) is 0. The normalized spacial score (nSPS) is 12.6. The van der Waals surface area contributed by atoms with E-state index in [0.717, 1.165) is 6.42 Å². The van der Waals surface area contributed by atoms with Crippen molar-refractivity contribution >= 4 is 5.97 Å². The molecule has 1 atom stereocenters. The summed E-state index contributed by atoms with van der Waals surface area (Å²) in [6.07, 6.45) is 3.08. The van der Waals surface area contributed by atoms with Crippen molar-refractivity contribution in [2.75, 3.05) is 0 Å². The first-order valence-corrected chi connectivity index (χ1v) is 3.00. The second kappa shape index (κ2) is 4.13. The van der Waals surface area contributed by atoms with E-state index in [4.69, 9.17) is 0 Å². The summed E-state index contributed by atoms with van der Waals surface area (Å²) in [5, 5.41) is 10.1. The summed E-state index contributed by atoms with van der Waals surface area (Å²) in [5.74, 6) is -1.32. The zero-order valence-corrected chi connectivity index (χ0v) is 5.59. The largest absolute Gasteiger partial charge is 0.358 e. The van der Waals surface area contributed by atoms with Gasteiger partial charge < -0.3 is 0 Å². The van der Waals surface area contributed by atoms with E-state index in [-0.39, 0.29) is 5.92 Å². The van der Waals surface area contributed by atoms with Crippen molar-refractivity contribution in [3.8, 4) is 0 Å². The number of carbonyl (C=O) groups excluding carboxylic acids is 1. The standard InChI is InChI=1S/C7H11O2/c1-3-4-5-6(2)7(8)9/h3,6H,1,4-5H2,2H3.